The Balaban J connectivity index is 2.53. The summed E-state index contributed by atoms with van der Waals surface area (Å²) in [5.74, 6) is 0.457. The van der Waals surface area contributed by atoms with Crippen molar-refractivity contribution in [2.24, 2.45) is 0 Å². The predicted molar refractivity (Wildman–Crippen MR) is 43.0 cm³/mol. The van der Waals surface area contributed by atoms with Crippen LogP contribution < -0.4 is 0 Å². The summed E-state index contributed by atoms with van der Waals surface area (Å²) in [6, 6.07) is 0. The number of hydrogen-bond donors (Lipinski definition) is 0. The van der Waals surface area contributed by atoms with E-state index in [4.69, 9.17) is 0 Å². The largest absolute Gasteiger partial charge is 0.342 e. The second-order valence-corrected chi connectivity index (χ2v) is 2.86. The average Bonchev–Trinajstić information content (AvgIpc) is 2.74. The number of carbonyl (C=O) groups is 1. The zero-order valence-electron chi connectivity index (χ0n) is 5.93. The van der Waals surface area contributed by atoms with Gasteiger partial charge in [0.15, 0.2) is 6.29 Å². The molecule has 0 N–H and O–H groups in total. The quantitative estimate of drug-likeness (QED) is 0.659. The predicted octanol–water partition coefficient (Wildman–Crippen LogP) is 1.61. The van der Waals surface area contributed by atoms with Gasteiger partial charge in [-0.1, -0.05) is 5.16 Å². The van der Waals surface area contributed by atoms with Crippen LogP contribution in [-0.4, -0.2) is 16.4 Å². The molecule has 2 rings (SSSR count). The molecule has 2 heterocycles. The second-order valence-electron chi connectivity index (χ2n) is 2.11. The Morgan fingerprint density at radius 1 is 1.50 bits per heavy atom. The fourth-order valence-electron chi connectivity index (χ4n) is 0.869. The van der Waals surface area contributed by atoms with E-state index >= 15 is 0 Å². The first-order valence-corrected chi connectivity index (χ1v) is 4.14. The van der Waals surface area contributed by atoms with Crippen molar-refractivity contribution in [3.05, 3.63) is 22.7 Å². The van der Waals surface area contributed by atoms with Crippen LogP contribution in [0, 0.1) is 0 Å². The van der Waals surface area contributed by atoms with Gasteiger partial charge in [0.1, 0.15) is 0 Å². The summed E-state index contributed by atoms with van der Waals surface area (Å²) < 4.78 is 4.57. The van der Waals surface area contributed by atoms with Crippen molar-refractivity contribution in [2.75, 3.05) is 0 Å². The van der Waals surface area contributed by atoms with E-state index in [1.807, 2.05) is 5.38 Å². The summed E-state index contributed by atoms with van der Waals surface area (Å²) >= 11 is 1.44. The van der Waals surface area contributed by atoms with Crippen molar-refractivity contribution in [1.29, 1.82) is 0 Å². The fraction of sp³-hybridized carbons (Fsp3) is 0. The van der Waals surface area contributed by atoms with Crippen molar-refractivity contribution in [2.45, 2.75) is 0 Å². The summed E-state index contributed by atoms with van der Waals surface area (Å²) in [6.07, 6.45) is 2.02. The molecule has 0 atom stereocenters. The SMILES string of the molecule is O=Cc1cscc1-c1ncon1. The van der Waals surface area contributed by atoms with E-state index in [-0.39, 0.29) is 0 Å². The standard InChI is InChI=1S/C7H4N2O2S/c10-1-5-2-12-3-6(5)7-8-4-11-9-7/h1-4H. The van der Waals surface area contributed by atoms with E-state index < -0.39 is 0 Å². The molecule has 12 heavy (non-hydrogen) atoms. The minimum atomic E-state index is 0.457. The van der Waals surface area contributed by atoms with Gasteiger partial charge in [-0.3, -0.25) is 4.79 Å². The van der Waals surface area contributed by atoms with Crippen LogP contribution in [0.2, 0.25) is 0 Å². The first-order valence-electron chi connectivity index (χ1n) is 3.20. The normalized spacial score (nSPS) is 10.0. The highest BCUT2D eigenvalue weighted by atomic mass is 32.1. The molecular weight excluding hydrogens is 176 g/mol. The second kappa shape index (κ2) is 2.86. The number of aldehydes is 1. The number of hydrogen-bond acceptors (Lipinski definition) is 5. The van der Waals surface area contributed by atoms with Gasteiger partial charge < -0.3 is 4.52 Å². The first kappa shape index (κ1) is 7.17. The molecular formula is C7H4N2O2S. The summed E-state index contributed by atoms with van der Waals surface area (Å²) in [4.78, 5) is 14.3. The topological polar surface area (TPSA) is 56.0 Å². The number of nitrogens with zero attached hydrogens (tertiary/aromatic N) is 2. The highest BCUT2D eigenvalue weighted by molar-refractivity contribution is 7.08. The zero-order chi connectivity index (χ0) is 8.39. The summed E-state index contributed by atoms with van der Waals surface area (Å²) in [5.41, 5.74) is 1.32. The molecule has 60 valence electrons. The van der Waals surface area contributed by atoms with Gasteiger partial charge in [0, 0.05) is 21.9 Å². The van der Waals surface area contributed by atoms with E-state index in [1.165, 1.54) is 17.7 Å². The van der Waals surface area contributed by atoms with Crippen molar-refractivity contribution in [1.82, 2.24) is 10.1 Å². The minimum Gasteiger partial charge on any atom is -0.342 e. The Kier molecular flexibility index (Phi) is 1.71. The molecule has 0 aliphatic heterocycles. The molecule has 2 aromatic rings. The van der Waals surface area contributed by atoms with Crippen LogP contribution >= 0.6 is 11.3 Å². The Morgan fingerprint density at radius 3 is 3.08 bits per heavy atom. The lowest BCUT2D eigenvalue weighted by Gasteiger charge is -1.87. The Morgan fingerprint density at radius 2 is 2.42 bits per heavy atom. The molecule has 4 nitrogen and oxygen atoms in total. The first-order chi connectivity index (χ1) is 5.92. The lowest BCUT2D eigenvalue weighted by molar-refractivity contribution is 0.112. The van der Waals surface area contributed by atoms with Crippen LogP contribution in [0.5, 0.6) is 0 Å². The Labute approximate surface area is 71.8 Å². The van der Waals surface area contributed by atoms with Crippen LogP contribution in [0.3, 0.4) is 0 Å². The maximum Gasteiger partial charge on any atom is 0.214 e. The fourth-order valence-corrected chi connectivity index (χ4v) is 1.64. The molecule has 0 saturated carbocycles. The number of rotatable bonds is 2. The van der Waals surface area contributed by atoms with Crippen LogP contribution in [-0.2, 0) is 0 Å². The lowest BCUT2D eigenvalue weighted by Crippen LogP contribution is -1.82. The molecule has 0 fully saturated rings. The van der Waals surface area contributed by atoms with E-state index in [0.29, 0.717) is 11.4 Å². The van der Waals surface area contributed by atoms with Crippen molar-refractivity contribution in [3.63, 3.8) is 0 Å². The number of carbonyl (C=O) groups excluding carboxylic acids is 1. The third-order valence-electron chi connectivity index (χ3n) is 1.42. The van der Waals surface area contributed by atoms with Gasteiger partial charge in [-0.2, -0.15) is 16.3 Å². The van der Waals surface area contributed by atoms with E-state index in [2.05, 4.69) is 14.7 Å². The van der Waals surface area contributed by atoms with Crippen molar-refractivity contribution in [3.8, 4) is 11.4 Å². The Hall–Kier alpha value is -1.49. The van der Waals surface area contributed by atoms with Gasteiger partial charge in [0.25, 0.3) is 0 Å². The molecule has 0 bridgehead atoms. The molecule has 0 unspecified atom stereocenters. The van der Waals surface area contributed by atoms with Gasteiger partial charge in [-0.05, 0) is 0 Å². The van der Waals surface area contributed by atoms with E-state index in [9.17, 15) is 4.79 Å². The zero-order valence-corrected chi connectivity index (χ0v) is 6.75. The summed E-state index contributed by atoms with van der Waals surface area (Å²) in [7, 11) is 0. The summed E-state index contributed by atoms with van der Waals surface area (Å²) in [5, 5.41) is 7.19. The molecule has 0 spiro atoms. The van der Waals surface area contributed by atoms with Crippen LogP contribution in [0.25, 0.3) is 11.4 Å². The van der Waals surface area contributed by atoms with Gasteiger partial charge in [-0.15, -0.1) is 0 Å². The highest BCUT2D eigenvalue weighted by Gasteiger charge is 2.08. The maximum absolute atomic E-state index is 10.5. The van der Waals surface area contributed by atoms with Crippen molar-refractivity contribution >= 4 is 17.6 Å². The molecule has 0 amide bonds. The molecule has 0 aliphatic carbocycles. The molecule has 0 radical (unpaired) electrons. The van der Waals surface area contributed by atoms with Crippen molar-refractivity contribution < 1.29 is 9.32 Å². The average molecular weight is 180 g/mol. The molecule has 0 aromatic carbocycles. The lowest BCUT2D eigenvalue weighted by atomic mass is 10.2. The minimum absolute atomic E-state index is 0.457. The van der Waals surface area contributed by atoms with E-state index in [1.54, 1.807) is 5.38 Å². The summed E-state index contributed by atoms with van der Waals surface area (Å²) in [6.45, 7) is 0. The monoisotopic (exact) mass is 180 g/mol. The van der Waals surface area contributed by atoms with Gasteiger partial charge in [0.2, 0.25) is 12.2 Å². The van der Waals surface area contributed by atoms with Gasteiger partial charge in [-0.25, -0.2) is 0 Å². The van der Waals surface area contributed by atoms with Crippen LogP contribution in [0.4, 0.5) is 0 Å². The third-order valence-corrected chi connectivity index (χ3v) is 2.18. The highest BCUT2D eigenvalue weighted by Crippen LogP contribution is 2.22. The molecule has 0 aliphatic rings. The third kappa shape index (κ3) is 1.04. The number of aromatic nitrogens is 2. The molecule has 2 aromatic heterocycles. The van der Waals surface area contributed by atoms with Gasteiger partial charge >= 0.3 is 0 Å². The number of thiophene rings is 1. The van der Waals surface area contributed by atoms with Crippen LogP contribution in [0.15, 0.2) is 21.7 Å². The van der Waals surface area contributed by atoms with Gasteiger partial charge in [0.05, 0.1) is 0 Å². The molecule has 0 saturated heterocycles. The van der Waals surface area contributed by atoms with Crippen LogP contribution in [0.1, 0.15) is 10.4 Å². The smallest absolute Gasteiger partial charge is 0.214 e. The van der Waals surface area contributed by atoms with E-state index in [0.717, 1.165) is 11.8 Å². The maximum atomic E-state index is 10.5. The molecule has 5 heteroatoms. The Bertz CT molecular complexity index is 380.